The lowest BCUT2D eigenvalue weighted by molar-refractivity contribution is -0.139. The van der Waals surface area contributed by atoms with Crippen molar-refractivity contribution >= 4 is 11.8 Å². The van der Waals surface area contributed by atoms with Gasteiger partial charge in [-0.2, -0.15) is 13.2 Å². The topological polar surface area (TPSA) is 20.2 Å². The fraction of sp³-hybridized carbons (Fsp3) is 0.143. The van der Waals surface area contributed by atoms with Crippen molar-refractivity contribution in [3.63, 3.8) is 0 Å². The van der Waals surface area contributed by atoms with Crippen LogP contribution in [0.3, 0.4) is 0 Å². The average molecular weight is 302 g/mol. The molecule has 0 atom stereocenters. The Morgan fingerprint density at radius 1 is 1.00 bits per heavy atom. The van der Waals surface area contributed by atoms with Gasteiger partial charge < -0.3 is 5.11 Å². The number of rotatable bonds is 3. The molecule has 0 aliphatic carbocycles. The first-order valence-corrected chi connectivity index (χ1v) is 6.47. The third-order valence-electron chi connectivity index (χ3n) is 2.59. The largest absolute Gasteiger partial charge is 0.417 e. The molecule has 0 fully saturated rings. The zero-order chi connectivity index (χ0) is 14.8. The van der Waals surface area contributed by atoms with E-state index in [1.165, 1.54) is 30.3 Å². The van der Waals surface area contributed by atoms with Crippen LogP contribution in [0.2, 0.25) is 0 Å². The van der Waals surface area contributed by atoms with E-state index in [0.717, 1.165) is 6.07 Å². The van der Waals surface area contributed by atoms with Crippen LogP contribution in [0.4, 0.5) is 17.6 Å². The summed E-state index contributed by atoms with van der Waals surface area (Å²) in [5, 5.41) is 8.92. The van der Waals surface area contributed by atoms with Gasteiger partial charge in [0.2, 0.25) is 0 Å². The molecular formula is C14H10F4OS. The van der Waals surface area contributed by atoms with Gasteiger partial charge in [0.15, 0.2) is 0 Å². The number of halogens is 4. The molecule has 0 saturated heterocycles. The van der Waals surface area contributed by atoms with E-state index in [2.05, 4.69) is 0 Å². The minimum atomic E-state index is -4.56. The average Bonchev–Trinajstić information content (AvgIpc) is 2.40. The van der Waals surface area contributed by atoms with Gasteiger partial charge in [-0.05, 0) is 29.8 Å². The zero-order valence-electron chi connectivity index (χ0n) is 10.1. The summed E-state index contributed by atoms with van der Waals surface area (Å²) in [6.07, 6.45) is -4.56. The van der Waals surface area contributed by atoms with E-state index >= 15 is 0 Å². The molecule has 0 radical (unpaired) electrons. The van der Waals surface area contributed by atoms with E-state index in [-0.39, 0.29) is 15.4 Å². The van der Waals surface area contributed by atoms with Crippen LogP contribution in [-0.4, -0.2) is 5.11 Å². The van der Waals surface area contributed by atoms with Crippen molar-refractivity contribution in [2.45, 2.75) is 22.6 Å². The molecule has 0 spiro atoms. The summed E-state index contributed by atoms with van der Waals surface area (Å²) in [6, 6.07) is 9.14. The first kappa shape index (κ1) is 14.9. The van der Waals surface area contributed by atoms with Crippen molar-refractivity contribution in [1.82, 2.24) is 0 Å². The van der Waals surface area contributed by atoms with Gasteiger partial charge in [-0.15, -0.1) is 0 Å². The Hall–Kier alpha value is -1.53. The molecule has 2 aromatic carbocycles. The summed E-state index contributed by atoms with van der Waals surface area (Å²) in [7, 11) is 0. The third-order valence-corrected chi connectivity index (χ3v) is 3.72. The first-order valence-electron chi connectivity index (χ1n) is 5.65. The fourth-order valence-corrected chi connectivity index (χ4v) is 2.60. The summed E-state index contributed by atoms with van der Waals surface area (Å²) in [5.41, 5.74) is -0.715. The second-order valence-corrected chi connectivity index (χ2v) is 5.10. The molecule has 2 rings (SSSR count). The van der Waals surface area contributed by atoms with Crippen molar-refractivity contribution in [3.05, 3.63) is 59.4 Å². The van der Waals surface area contributed by atoms with Crippen LogP contribution in [0.1, 0.15) is 11.1 Å². The van der Waals surface area contributed by atoms with Crippen LogP contribution in [0.15, 0.2) is 52.3 Å². The van der Waals surface area contributed by atoms with Gasteiger partial charge in [0, 0.05) is 9.79 Å². The van der Waals surface area contributed by atoms with Crippen LogP contribution in [0.25, 0.3) is 0 Å². The lowest BCUT2D eigenvalue weighted by Gasteiger charge is -2.14. The van der Waals surface area contributed by atoms with Gasteiger partial charge in [-0.3, -0.25) is 0 Å². The van der Waals surface area contributed by atoms with E-state index in [0.29, 0.717) is 11.8 Å². The molecule has 6 heteroatoms. The second-order valence-electron chi connectivity index (χ2n) is 4.02. The summed E-state index contributed by atoms with van der Waals surface area (Å²) < 4.78 is 52.4. The quantitative estimate of drug-likeness (QED) is 0.843. The minimum Gasteiger partial charge on any atom is -0.392 e. The Bertz CT molecular complexity index is 610. The summed E-state index contributed by atoms with van der Waals surface area (Å²) in [6.45, 7) is -0.478. The lowest BCUT2D eigenvalue weighted by atomic mass is 10.1. The molecule has 0 aliphatic heterocycles. The molecule has 106 valence electrons. The molecular weight excluding hydrogens is 292 g/mol. The number of hydrogen-bond acceptors (Lipinski definition) is 2. The number of aliphatic hydroxyl groups excluding tert-OH is 1. The first-order chi connectivity index (χ1) is 9.41. The number of alkyl halides is 3. The van der Waals surface area contributed by atoms with Crippen LogP contribution < -0.4 is 0 Å². The Kier molecular flexibility index (Phi) is 4.35. The number of hydrogen-bond donors (Lipinski definition) is 1. The molecule has 20 heavy (non-hydrogen) atoms. The van der Waals surface area contributed by atoms with Crippen molar-refractivity contribution < 1.29 is 22.7 Å². The standard InChI is InChI=1S/C14H10F4OS/c15-11-3-1-2-4-13(11)20-12-6-5-9(8-19)7-10(12)14(16,17)18/h1-7,19H,8H2. The monoisotopic (exact) mass is 302 g/mol. The predicted octanol–water partition coefficient (Wildman–Crippen LogP) is 4.49. The highest BCUT2D eigenvalue weighted by Crippen LogP contribution is 2.40. The van der Waals surface area contributed by atoms with E-state index in [9.17, 15) is 17.6 Å². The molecule has 0 heterocycles. The smallest absolute Gasteiger partial charge is 0.392 e. The Balaban J connectivity index is 2.44. The van der Waals surface area contributed by atoms with Gasteiger partial charge in [-0.25, -0.2) is 4.39 Å². The van der Waals surface area contributed by atoms with Gasteiger partial charge in [0.25, 0.3) is 0 Å². The van der Waals surface area contributed by atoms with Crippen LogP contribution in [-0.2, 0) is 12.8 Å². The molecule has 2 aromatic rings. The molecule has 0 aliphatic rings. The molecule has 0 aromatic heterocycles. The maximum atomic E-state index is 13.5. The van der Waals surface area contributed by atoms with E-state index in [4.69, 9.17) is 5.11 Å². The Morgan fingerprint density at radius 2 is 1.70 bits per heavy atom. The Labute approximate surface area is 117 Å². The maximum absolute atomic E-state index is 13.5. The van der Waals surface area contributed by atoms with Crippen molar-refractivity contribution in [2.24, 2.45) is 0 Å². The summed E-state index contributed by atoms with van der Waals surface area (Å²) >= 11 is 0.710. The molecule has 0 amide bonds. The molecule has 0 unspecified atom stereocenters. The highest BCUT2D eigenvalue weighted by atomic mass is 32.2. The zero-order valence-corrected chi connectivity index (χ0v) is 10.9. The minimum absolute atomic E-state index is 0.0974. The SMILES string of the molecule is OCc1ccc(Sc2ccccc2F)c(C(F)(F)F)c1. The molecule has 1 nitrogen and oxygen atoms in total. The highest BCUT2D eigenvalue weighted by Gasteiger charge is 2.34. The van der Waals surface area contributed by atoms with Gasteiger partial charge in [0.05, 0.1) is 12.2 Å². The highest BCUT2D eigenvalue weighted by molar-refractivity contribution is 7.99. The molecule has 1 N–H and O–H groups in total. The van der Waals surface area contributed by atoms with Crippen molar-refractivity contribution in [1.29, 1.82) is 0 Å². The van der Waals surface area contributed by atoms with Gasteiger partial charge in [-0.1, -0.05) is 30.0 Å². The number of benzene rings is 2. The van der Waals surface area contributed by atoms with Crippen LogP contribution in [0, 0.1) is 5.82 Å². The van der Waals surface area contributed by atoms with Gasteiger partial charge >= 0.3 is 6.18 Å². The third kappa shape index (κ3) is 3.32. The van der Waals surface area contributed by atoms with E-state index in [1.54, 1.807) is 6.07 Å². The van der Waals surface area contributed by atoms with Gasteiger partial charge in [0.1, 0.15) is 5.82 Å². The molecule has 0 bridgehead atoms. The van der Waals surface area contributed by atoms with Crippen molar-refractivity contribution in [3.8, 4) is 0 Å². The van der Waals surface area contributed by atoms with Crippen LogP contribution >= 0.6 is 11.8 Å². The Morgan fingerprint density at radius 3 is 2.30 bits per heavy atom. The normalized spacial score (nSPS) is 11.7. The predicted molar refractivity (Wildman–Crippen MR) is 67.9 cm³/mol. The summed E-state index contributed by atoms with van der Waals surface area (Å²) in [5.74, 6) is -0.572. The van der Waals surface area contributed by atoms with E-state index < -0.39 is 24.2 Å². The lowest BCUT2D eigenvalue weighted by Crippen LogP contribution is -2.07. The van der Waals surface area contributed by atoms with Crippen molar-refractivity contribution in [2.75, 3.05) is 0 Å². The van der Waals surface area contributed by atoms with E-state index in [1.807, 2.05) is 0 Å². The maximum Gasteiger partial charge on any atom is 0.417 e. The van der Waals surface area contributed by atoms with Crippen LogP contribution in [0.5, 0.6) is 0 Å². The number of aliphatic hydroxyl groups is 1. The summed E-state index contributed by atoms with van der Waals surface area (Å²) in [4.78, 5) is 0.0227. The second kappa shape index (κ2) is 5.85. The molecule has 0 saturated carbocycles. The fourth-order valence-electron chi connectivity index (χ4n) is 1.63.